The number of aromatic amines is 1. The van der Waals surface area contributed by atoms with Crippen LogP contribution < -0.4 is 4.90 Å². The molecule has 1 aromatic rings. The van der Waals surface area contributed by atoms with Crippen molar-refractivity contribution in [1.29, 1.82) is 0 Å². The van der Waals surface area contributed by atoms with E-state index in [1.165, 1.54) is 0 Å². The molecular weight excluding hydrogens is 214 g/mol. The van der Waals surface area contributed by atoms with Gasteiger partial charge in [-0.05, 0) is 0 Å². The predicted octanol–water partition coefficient (Wildman–Crippen LogP) is 2.25. The van der Waals surface area contributed by atoms with Crippen molar-refractivity contribution in [2.45, 2.75) is 32.6 Å². The highest BCUT2D eigenvalue weighted by molar-refractivity contribution is 5.95. The van der Waals surface area contributed by atoms with Gasteiger partial charge in [0.05, 0.1) is 0 Å². The summed E-state index contributed by atoms with van der Waals surface area (Å²) < 4.78 is 0. The molecule has 1 fully saturated rings. The summed E-state index contributed by atoms with van der Waals surface area (Å²) >= 11 is 0. The smallest absolute Gasteiger partial charge is 0.228 e. The van der Waals surface area contributed by atoms with Crippen molar-refractivity contribution in [2.75, 3.05) is 11.4 Å². The first-order valence-electron chi connectivity index (χ1n) is 5.90. The molecule has 1 aromatic heterocycles. The van der Waals surface area contributed by atoms with E-state index in [1.54, 1.807) is 4.90 Å². The Morgan fingerprint density at radius 1 is 1.59 bits per heavy atom. The average molecular weight is 233 g/mol. The third-order valence-corrected chi connectivity index (χ3v) is 3.14. The molecule has 1 atom stereocenters. The highest BCUT2D eigenvalue weighted by Gasteiger charge is 2.31. The number of amides is 1. The second-order valence-corrected chi connectivity index (χ2v) is 5.59. The number of hydrogen-bond acceptors (Lipinski definition) is 2. The van der Waals surface area contributed by atoms with Crippen LogP contribution in [0.15, 0.2) is 18.7 Å². The second kappa shape index (κ2) is 4.02. The maximum Gasteiger partial charge on any atom is 0.228 e. The minimum Gasteiger partial charge on any atom is -0.295 e. The van der Waals surface area contributed by atoms with Gasteiger partial charge in [-0.2, -0.15) is 5.10 Å². The fourth-order valence-corrected chi connectivity index (χ4v) is 1.95. The van der Waals surface area contributed by atoms with Gasteiger partial charge in [0.25, 0.3) is 0 Å². The minimum absolute atomic E-state index is 0.0197. The summed E-state index contributed by atoms with van der Waals surface area (Å²) in [6.45, 7) is 10.8. The Kier molecular flexibility index (Phi) is 2.81. The molecule has 2 rings (SSSR count). The van der Waals surface area contributed by atoms with Crippen molar-refractivity contribution in [2.24, 2.45) is 5.92 Å². The van der Waals surface area contributed by atoms with Gasteiger partial charge in [0.1, 0.15) is 0 Å². The molecule has 0 bridgehead atoms. The van der Waals surface area contributed by atoms with E-state index >= 15 is 0 Å². The molecule has 0 aromatic carbocycles. The normalized spacial score (nSPS) is 21.0. The highest BCUT2D eigenvalue weighted by Crippen LogP contribution is 2.28. The first kappa shape index (κ1) is 11.9. The molecule has 1 aliphatic rings. The molecule has 4 nitrogen and oxygen atoms in total. The van der Waals surface area contributed by atoms with E-state index in [-0.39, 0.29) is 17.2 Å². The number of anilines is 1. The second-order valence-electron chi connectivity index (χ2n) is 5.59. The summed E-state index contributed by atoms with van der Waals surface area (Å²) in [5.41, 5.74) is 1.06. The van der Waals surface area contributed by atoms with Crippen LogP contribution in [-0.2, 0) is 10.2 Å². The molecule has 2 heterocycles. The summed E-state index contributed by atoms with van der Waals surface area (Å²) in [4.78, 5) is 13.6. The number of H-pyrrole nitrogens is 1. The van der Waals surface area contributed by atoms with E-state index in [2.05, 4.69) is 37.5 Å². The molecule has 17 heavy (non-hydrogen) atoms. The van der Waals surface area contributed by atoms with Crippen molar-refractivity contribution < 1.29 is 4.79 Å². The molecule has 4 heteroatoms. The van der Waals surface area contributed by atoms with Gasteiger partial charge in [-0.25, -0.2) is 0 Å². The van der Waals surface area contributed by atoms with Crippen LogP contribution in [-0.4, -0.2) is 22.6 Å². The molecule has 1 aliphatic heterocycles. The maximum atomic E-state index is 11.8. The zero-order chi connectivity index (χ0) is 12.6. The fourth-order valence-electron chi connectivity index (χ4n) is 1.95. The third-order valence-electron chi connectivity index (χ3n) is 3.14. The van der Waals surface area contributed by atoms with Gasteiger partial charge in [0.2, 0.25) is 5.91 Å². The summed E-state index contributed by atoms with van der Waals surface area (Å²) in [7, 11) is 0. The quantitative estimate of drug-likeness (QED) is 0.796. The number of rotatable bonds is 2. The Hall–Kier alpha value is -1.58. The Morgan fingerprint density at radius 3 is 2.76 bits per heavy atom. The molecule has 0 spiro atoms. The summed E-state index contributed by atoms with van der Waals surface area (Å²) in [6, 6.07) is 1.96. The average Bonchev–Trinajstić information content (AvgIpc) is 2.82. The van der Waals surface area contributed by atoms with Crippen LogP contribution in [0.5, 0.6) is 0 Å². The Balaban J connectivity index is 2.21. The predicted molar refractivity (Wildman–Crippen MR) is 67.9 cm³/mol. The SMILES string of the molecule is C=CC1CC(=O)N(c2cc(C(C)(C)C)[nH]n2)C1. The monoisotopic (exact) mass is 233 g/mol. The van der Waals surface area contributed by atoms with Crippen LogP contribution in [0.4, 0.5) is 5.82 Å². The zero-order valence-corrected chi connectivity index (χ0v) is 10.7. The molecular formula is C13H19N3O. The van der Waals surface area contributed by atoms with Crippen molar-refractivity contribution in [3.05, 3.63) is 24.4 Å². The zero-order valence-electron chi connectivity index (χ0n) is 10.7. The van der Waals surface area contributed by atoms with Crippen LogP contribution in [0, 0.1) is 5.92 Å². The van der Waals surface area contributed by atoms with E-state index in [0.29, 0.717) is 13.0 Å². The van der Waals surface area contributed by atoms with E-state index in [1.807, 2.05) is 12.1 Å². The standard InChI is InChI=1S/C13H19N3O/c1-5-9-6-12(17)16(8-9)11-7-10(14-15-11)13(2,3)4/h5,7,9H,1,6,8H2,2-4H3,(H,14,15). The summed E-state index contributed by atoms with van der Waals surface area (Å²) in [5.74, 6) is 1.10. The number of carbonyl (C=O) groups is 1. The number of nitrogens with zero attached hydrogens (tertiary/aromatic N) is 2. The van der Waals surface area contributed by atoms with Gasteiger partial charge >= 0.3 is 0 Å². The number of hydrogen-bond donors (Lipinski definition) is 1. The van der Waals surface area contributed by atoms with Gasteiger partial charge in [-0.15, -0.1) is 6.58 Å². The molecule has 92 valence electrons. The van der Waals surface area contributed by atoms with Crippen LogP contribution in [0.25, 0.3) is 0 Å². The third kappa shape index (κ3) is 2.25. The lowest BCUT2D eigenvalue weighted by atomic mass is 9.92. The number of aromatic nitrogens is 2. The minimum atomic E-state index is 0.0197. The largest absolute Gasteiger partial charge is 0.295 e. The lowest BCUT2D eigenvalue weighted by molar-refractivity contribution is -0.117. The molecule has 0 radical (unpaired) electrons. The number of nitrogens with one attached hydrogen (secondary N) is 1. The van der Waals surface area contributed by atoms with Gasteiger partial charge in [0, 0.05) is 36.1 Å². The van der Waals surface area contributed by atoms with Crippen molar-refractivity contribution >= 4 is 11.7 Å². The topological polar surface area (TPSA) is 49.0 Å². The Bertz CT molecular complexity index is 442. The number of carbonyl (C=O) groups excluding carboxylic acids is 1. The first-order valence-corrected chi connectivity index (χ1v) is 5.90. The summed E-state index contributed by atoms with van der Waals surface area (Å²) in [5, 5.41) is 7.24. The fraction of sp³-hybridized carbons (Fsp3) is 0.538. The van der Waals surface area contributed by atoms with Crippen LogP contribution in [0.3, 0.4) is 0 Å². The van der Waals surface area contributed by atoms with Crippen LogP contribution in [0.2, 0.25) is 0 Å². The Labute approximate surface area is 102 Å². The van der Waals surface area contributed by atoms with E-state index in [9.17, 15) is 4.79 Å². The van der Waals surface area contributed by atoms with Gasteiger partial charge in [0.15, 0.2) is 5.82 Å². The van der Waals surface area contributed by atoms with Gasteiger partial charge in [-0.1, -0.05) is 26.8 Å². The molecule has 1 amide bonds. The van der Waals surface area contributed by atoms with E-state index < -0.39 is 0 Å². The lowest BCUT2D eigenvalue weighted by Crippen LogP contribution is -2.24. The molecule has 1 N–H and O–H groups in total. The van der Waals surface area contributed by atoms with E-state index in [4.69, 9.17) is 0 Å². The van der Waals surface area contributed by atoms with Crippen molar-refractivity contribution in [3.63, 3.8) is 0 Å². The van der Waals surface area contributed by atoms with Crippen LogP contribution in [0.1, 0.15) is 32.9 Å². The maximum absolute atomic E-state index is 11.8. The molecule has 0 saturated carbocycles. The highest BCUT2D eigenvalue weighted by atomic mass is 16.2. The lowest BCUT2D eigenvalue weighted by Gasteiger charge is -2.15. The van der Waals surface area contributed by atoms with Crippen LogP contribution >= 0.6 is 0 Å². The summed E-state index contributed by atoms with van der Waals surface area (Å²) in [6.07, 6.45) is 2.39. The van der Waals surface area contributed by atoms with Gasteiger partial charge in [-0.3, -0.25) is 14.8 Å². The Morgan fingerprint density at radius 2 is 2.29 bits per heavy atom. The van der Waals surface area contributed by atoms with E-state index in [0.717, 1.165) is 11.5 Å². The molecule has 1 unspecified atom stereocenters. The van der Waals surface area contributed by atoms with Crippen molar-refractivity contribution in [3.8, 4) is 0 Å². The van der Waals surface area contributed by atoms with Gasteiger partial charge < -0.3 is 0 Å². The molecule has 1 saturated heterocycles. The van der Waals surface area contributed by atoms with Crippen molar-refractivity contribution in [1.82, 2.24) is 10.2 Å². The first-order chi connectivity index (χ1) is 7.91. The molecule has 0 aliphatic carbocycles.